The van der Waals surface area contributed by atoms with Crippen LogP contribution in [0.4, 0.5) is 0 Å². The van der Waals surface area contributed by atoms with Gasteiger partial charge >= 0.3 is 5.76 Å². The number of hydrogen-bond acceptors (Lipinski definition) is 3. The first-order valence-corrected chi connectivity index (χ1v) is 6.86. The second-order valence-corrected chi connectivity index (χ2v) is 5.11. The number of aromatic nitrogens is 1. The van der Waals surface area contributed by atoms with Crippen molar-refractivity contribution in [2.75, 3.05) is 0 Å². The zero-order valence-electron chi connectivity index (χ0n) is 11.2. The molecule has 0 fully saturated rings. The maximum Gasteiger partial charge on any atom is 0.419 e. The third-order valence-electron chi connectivity index (χ3n) is 3.43. The van der Waals surface area contributed by atoms with Crippen LogP contribution >= 0.6 is 11.6 Å². The second-order valence-electron chi connectivity index (χ2n) is 4.67. The molecule has 4 nitrogen and oxygen atoms in total. The third kappa shape index (κ3) is 1.96. The molecule has 20 heavy (non-hydrogen) atoms. The van der Waals surface area contributed by atoms with Crippen molar-refractivity contribution in [3.63, 3.8) is 0 Å². The van der Waals surface area contributed by atoms with Gasteiger partial charge in [0.25, 0.3) is 0 Å². The summed E-state index contributed by atoms with van der Waals surface area (Å²) in [6, 6.07) is 7.41. The molecular formula is C15H14ClNO3. The predicted octanol–water partition coefficient (Wildman–Crippen LogP) is 3.84. The molecular weight excluding hydrogens is 278 g/mol. The summed E-state index contributed by atoms with van der Waals surface area (Å²) in [6.45, 7) is 4.42. The first kappa shape index (κ1) is 13.1. The minimum Gasteiger partial charge on any atom is -0.467 e. The molecule has 0 N–H and O–H groups in total. The average molecular weight is 292 g/mol. The summed E-state index contributed by atoms with van der Waals surface area (Å²) in [6.07, 6.45) is 1.62. The number of fused-ring (bicyclic) bond motifs is 1. The summed E-state index contributed by atoms with van der Waals surface area (Å²) in [5, 5.41) is -0.398. The number of rotatable bonds is 3. The van der Waals surface area contributed by atoms with Gasteiger partial charge in [0.05, 0.1) is 11.8 Å². The molecule has 0 saturated carbocycles. The van der Waals surface area contributed by atoms with Crippen molar-refractivity contribution in [1.82, 2.24) is 4.57 Å². The van der Waals surface area contributed by atoms with Crippen molar-refractivity contribution in [1.29, 1.82) is 0 Å². The molecule has 5 heteroatoms. The average Bonchev–Trinajstić information content (AvgIpc) is 2.99. The van der Waals surface area contributed by atoms with Crippen LogP contribution < -0.4 is 5.76 Å². The van der Waals surface area contributed by atoms with Crippen molar-refractivity contribution < 1.29 is 8.83 Å². The first-order valence-electron chi connectivity index (χ1n) is 6.43. The highest BCUT2D eigenvalue weighted by Gasteiger charge is 2.18. The maximum atomic E-state index is 11.7. The molecule has 0 spiro atoms. The van der Waals surface area contributed by atoms with Crippen molar-refractivity contribution in [2.45, 2.75) is 25.8 Å². The summed E-state index contributed by atoms with van der Waals surface area (Å²) in [4.78, 5) is 11.7. The Morgan fingerprint density at radius 1 is 1.35 bits per heavy atom. The maximum absolute atomic E-state index is 11.7. The number of aryl methyl sites for hydroxylation is 2. The highest BCUT2D eigenvalue weighted by Crippen LogP contribution is 2.32. The number of furan rings is 1. The lowest BCUT2D eigenvalue weighted by Crippen LogP contribution is -2.11. The van der Waals surface area contributed by atoms with Crippen LogP contribution in [0.3, 0.4) is 0 Å². The molecule has 0 aliphatic rings. The lowest BCUT2D eigenvalue weighted by atomic mass is 10.1. The van der Waals surface area contributed by atoms with Crippen LogP contribution in [0, 0.1) is 6.92 Å². The third-order valence-corrected chi connectivity index (χ3v) is 3.88. The van der Waals surface area contributed by atoms with Crippen LogP contribution in [0.2, 0.25) is 0 Å². The van der Waals surface area contributed by atoms with Gasteiger partial charge in [0.2, 0.25) is 0 Å². The molecule has 0 saturated heterocycles. The fourth-order valence-corrected chi connectivity index (χ4v) is 2.69. The van der Waals surface area contributed by atoms with Gasteiger partial charge in [-0.25, -0.2) is 4.79 Å². The van der Waals surface area contributed by atoms with Gasteiger partial charge in [-0.3, -0.25) is 4.57 Å². The van der Waals surface area contributed by atoms with Crippen LogP contribution in [0.25, 0.3) is 11.1 Å². The Morgan fingerprint density at radius 2 is 2.15 bits per heavy atom. The topological polar surface area (TPSA) is 48.3 Å². The normalized spacial score (nSPS) is 12.9. The predicted molar refractivity (Wildman–Crippen MR) is 77.3 cm³/mol. The number of nitrogens with zero attached hydrogens (tertiary/aromatic N) is 1. The smallest absolute Gasteiger partial charge is 0.419 e. The van der Waals surface area contributed by atoms with E-state index in [1.54, 1.807) is 16.9 Å². The monoisotopic (exact) mass is 291 g/mol. The summed E-state index contributed by atoms with van der Waals surface area (Å²) < 4.78 is 12.2. The molecule has 0 radical (unpaired) electrons. The standard InChI is InChI=1S/C15H14ClNO3/c1-3-17-11-5-4-10(8-12(11)20-15(17)18)13(16)14-9(2)6-7-19-14/h4-8,13H,3H2,1-2H3. The Labute approximate surface area is 120 Å². The number of alkyl halides is 1. The van der Waals surface area contributed by atoms with Gasteiger partial charge in [-0.05, 0) is 43.2 Å². The largest absolute Gasteiger partial charge is 0.467 e. The molecule has 0 aliphatic carbocycles. The fraction of sp³-hybridized carbons (Fsp3) is 0.267. The van der Waals surface area contributed by atoms with Crippen LogP contribution in [0.5, 0.6) is 0 Å². The molecule has 1 aromatic carbocycles. The minimum atomic E-state index is -0.398. The van der Waals surface area contributed by atoms with Crippen LogP contribution in [-0.2, 0) is 6.54 Å². The minimum absolute atomic E-state index is 0.347. The Hall–Kier alpha value is -1.94. The van der Waals surface area contributed by atoms with Gasteiger partial charge in [-0.1, -0.05) is 6.07 Å². The number of benzene rings is 1. The van der Waals surface area contributed by atoms with E-state index in [0.717, 1.165) is 16.6 Å². The molecule has 0 bridgehead atoms. The van der Waals surface area contributed by atoms with E-state index in [2.05, 4.69) is 0 Å². The Kier molecular flexibility index (Phi) is 3.18. The lowest BCUT2D eigenvalue weighted by Gasteiger charge is -2.08. The first-order chi connectivity index (χ1) is 9.61. The quantitative estimate of drug-likeness (QED) is 0.689. The molecule has 2 aromatic heterocycles. The van der Waals surface area contributed by atoms with Gasteiger partial charge in [-0.15, -0.1) is 11.6 Å². The number of oxazole rings is 1. The van der Waals surface area contributed by atoms with Gasteiger partial charge < -0.3 is 8.83 Å². The summed E-state index contributed by atoms with van der Waals surface area (Å²) in [5.74, 6) is 0.364. The van der Waals surface area contributed by atoms with Crippen LogP contribution in [0.15, 0.2) is 44.2 Å². The molecule has 1 unspecified atom stereocenters. The molecule has 104 valence electrons. The Morgan fingerprint density at radius 3 is 2.80 bits per heavy atom. The molecule has 0 amide bonds. The van der Waals surface area contributed by atoms with E-state index in [1.807, 2.05) is 32.0 Å². The molecule has 3 rings (SSSR count). The van der Waals surface area contributed by atoms with Crippen molar-refractivity contribution in [3.05, 3.63) is 58.0 Å². The van der Waals surface area contributed by atoms with E-state index in [-0.39, 0.29) is 5.76 Å². The van der Waals surface area contributed by atoms with E-state index in [1.165, 1.54) is 0 Å². The van der Waals surface area contributed by atoms with Crippen molar-refractivity contribution in [3.8, 4) is 0 Å². The Balaban J connectivity index is 2.10. The SMILES string of the molecule is CCn1c(=O)oc2cc(C(Cl)c3occc3C)ccc21. The Bertz CT molecular complexity index is 812. The van der Waals surface area contributed by atoms with Gasteiger partial charge in [-0.2, -0.15) is 0 Å². The van der Waals surface area contributed by atoms with Crippen LogP contribution in [0.1, 0.15) is 29.2 Å². The van der Waals surface area contributed by atoms with Gasteiger partial charge in [0.1, 0.15) is 11.1 Å². The molecule has 3 aromatic rings. The van der Waals surface area contributed by atoms with Crippen molar-refractivity contribution in [2.24, 2.45) is 0 Å². The van der Waals surface area contributed by atoms with E-state index in [0.29, 0.717) is 17.9 Å². The van der Waals surface area contributed by atoms with Gasteiger partial charge in [0, 0.05) is 6.54 Å². The zero-order valence-corrected chi connectivity index (χ0v) is 12.0. The fourth-order valence-electron chi connectivity index (χ4n) is 2.34. The molecule has 0 aliphatic heterocycles. The van der Waals surface area contributed by atoms with E-state index in [9.17, 15) is 4.79 Å². The number of halogens is 1. The number of hydrogen-bond donors (Lipinski definition) is 0. The molecule has 2 heterocycles. The second kappa shape index (κ2) is 4.87. The summed E-state index contributed by atoms with van der Waals surface area (Å²) >= 11 is 6.44. The highest BCUT2D eigenvalue weighted by molar-refractivity contribution is 6.22. The van der Waals surface area contributed by atoms with Crippen LogP contribution in [-0.4, -0.2) is 4.57 Å². The zero-order chi connectivity index (χ0) is 14.3. The van der Waals surface area contributed by atoms with E-state index in [4.69, 9.17) is 20.4 Å². The van der Waals surface area contributed by atoms with E-state index >= 15 is 0 Å². The van der Waals surface area contributed by atoms with Crippen molar-refractivity contribution >= 4 is 22.7 Å². The summed E-state index contributed by atoms with van der Waals surface area (Å²) in [5.41, 5.74) is 3.16. The lowest BCUT2D eigenvalue weighted by molar-refractivity contribution is 0.510. The van der Waals surface area contributed by atoms with E-state index < -0.39 is 5.38 Å². The highest BCUT2D eigenvalue weighted by atomic mass is 35.5. The van der Waals surface area contributed by atoms with Gasteiger partial charge in [0.15, 0.2) is 5.58 Å². The molecule has 1 atom stereocenters. The summed E-state index contributed by atoms with van der Waals surface area (Å²) in [7, 11) is 0.